The van der Waals surface area contributed by atoms with Gasteiger partial charge in [-0.15, -0.1) is 0 Å². The molecule has 1 heterocycles. The molecule has 0 radical (unpaired) electrons. The molecule has 20 heavy (non-hydrogen) atoms. The van der Waals surface area contributed by atoms with E-state index < -0.39 is 5.97 Å². The number of aryl methyl sites for hydroxylation is 1. The first-order chi connectivity index (χ1) is 9.55. The normalized spacial score (nSPS) is 12.3. The molecule has 0 aromatic carbocycles. The van der Waals surface area contributed by atoms with Crippen LogP contribution < -0.4 is 5.32 Å². The second-order valence-electron chi connectivity index (χ2n) is 5.04. The Morgan fingerprint density at radius 2 is 2.10 bits per heavy atom. The van der Waals surface area contributed by atoms with E-state index in [0.29, 0.717) is 6.42 Å². The van der Waals surface area contributed by atoms with Crippen molar-refractivity contribution in [3.8, 4) is 5.88 Å². The quantitative estimate of drug-likeness (QED) is 0.645. The van der Waals surface area contributed by atoms with Gasteiger partial charge in [-0.2, -0.15) is 0 Å². The van der Waals surface area contributed by atoms with Gasteiger partial charge in [-0.3, -0.25) is 4.79 Å². The minimum absolute atomic E-state index is 0.0411. The van der Waals surface area contributed by atoms with Gasteiger partial charge in [0.15, 0.2) is 0 Å². The first kappa shape index (κ1) is 16.4. The fourth-order valence-electron chi connectivity index (χ4n) is 2.28. The molecular weight excluding hydrogens is 256 g/mol. The average molecular weight is 280 g/mol. The molecule has 0 saturated carbocycles. The van der Waals surface area contributed by atoms with Gasteiger partial charge >= 0.3 is 5.97 Å². The lowest BCUT2D eigenvalue weighted by atomic mass is 10.0. The molecule has 5 nitrogen and oxygen atoms in total. The van der Waals surface area contributed by atoms with Gasteiger partial charge in [0.25, 0.3) is 0 Å². The predicted molar refractivity (Wildman–Crippen MR) is 77.9 cm³/mol. The van der Waals surface area contributed by atoms with Crippen molar-refractivity contribution in [3.63, 3.8) is 0 Å². The monoisotopic (exact) mass is 280 g/mol. The summed E-state index contributed by atoms with van der Waals surface area (Å²) in [6.45, 7) is 4.10. The second-order valence-corrected chi connectivity index (χ2v) is 5.04. The van der Waals surface area contributed by atoms with Gasteiger partial charge in [-0.1, -0.05) is 26.7 Å². The minimum atomic E-state index is -0.860. The standard InChI is InChI=1S/C15H24N2O3/c1-3-5-11-7-13(17-14(18)8-11)9-12(6-4-2)16-10-15(19)20/h7-8,12,16H,3-6,9-10H2,1-2H3,(H,17,18)(H,19,20). The van der Waals surface area contributed by atoms with Gasteiger partial charge in [0.05, 0.1) is 6.54 Å². The Labute approximate surface area is 120 Å². The zero-order valence-electron chi connectivity index (χ0n) is 12.2. The summed E-state index contributed by atoms with van der Waals surface area (Å²) in [6, 6.07) is 3.75. The smallest absolute Gasteiger partial charge is 0.317 e. The number of aromatic nitrogens is 1. The first-order valence-electron chi connectivity index (χ1n) is 7.19. The van der Waals surface area contributed by atoms with Crippen molar-refractivity contribution >= 4 is 5.97 Å². The van der Waals surface area contributed by atoms with Crippen LogP contribution in [-0.4, -0.2) is 33.8 Å². The maximum Gasteiger partial charge on any atom is 0.317 e. The number of rotatable bonds is 9. The lowest BCUT2D eigenvalue weighted by Crippen LogP contribution is -2.35. The highest BCUT2D eigenvalue weighted by atomic mass is 16.4. The summed E-state index contributed by atoms with van der Waals surface area (Å²) in [7, 11) is 0. The van der Waals surface area contributed by atoms with E-state index in [1.165, 1.54) is 0 Å². The Balaban J connectivity index is 2.73. The van der Waals surface area contributed by atoms with Crippen LogP contribution in [0.5, 0.6) is 5.88 Å². The molecule has 1 aromatic rings. The van der Waals surface area contributed by atoms with Crippen molar-refractivity contribution in [3.05, 3.63) is 23.4 Å². The SMILES string of the molecule is CCCc1cc(O)nc(CC(CCC)NCC(=O)O)c1. The highest BCUT2D eigenvalue weighted by molar-refractivity contribution is 5.69. The number of aliphatic carboxylic acids is 1. The lowest BCUT2D eigenvalue weighted by molar-refractivity contribution is -0.136. The Hall–Kier alpha value is -1.62. The zero-order valence-corrected chi connectivity index (χ0v) is 12.2. The third kappa shape index (κ3) is 6.02. The Bertz CT molecular complexity index is 435. The first-order valence-corrected chi connectivity index (χ1v) is 7.19. The van der Waals surface area contributed by atoms with Crippen molar-refractivity contribution in [2.45, 2.75) is 52.0 Å². The van der Waals surface area contributed by atoms with Crippen LogP contribution in [-0.2, 0) is 17.6 Å². The minimum Gasteiger partial charge on any atom is -0.493 e. The van der Waals surface area contributed by atoms with Crippen LogP contribution in [0.25, 0.3) is 0 Å². The van der Waals surface area contributed by atoms with E-state index in [4.69, 9.17) is 5.11 Å². The van der Waals surface area contributed by atoms with Crippen LogP contribution >= 0.6 is 0 Å². The van der Waals surface area contributed by atoms with Gasteiger partial charge in [-0.25, -0.2) is 4.98 Å². The summed E-state index contributed by atoms with van der Waals surface area (Å²) in [5, 5.41) is 21.4. The largest absolute Gasteiger partial charge is 0.493 e. The van der Waals surface area contributed by atoms with Gasteiger partial charge in [0, 0.05) is 24.2 Å². The summed E-state index contributed by atoms with van der Waals surface area (Å²) in [5.74, 6) is -0.818. The van der Waals surface area contributed by atoms with E-state index >= 15 is 0 Å². The van der Waals surface area contributed by atoms with Crippen LogP contribution in [0.4, 0.5) is 0 Å². The third-order valence-corrected chi connectivity index (χ3v) is 3.10. The maximum absolute atomic E-state index is 10.6. The molecule has 0 bridgehead atoms. The van der Waals surface area contributed by atoms with Crippen LogP contribution in [0.15, 0.2) is 12.1 Å². The van der Waals surface area contributed by atoms with Gasteiger partial charge in [0.1, 0.15) is 0 Å². The average Bonchev–Trinajstić information content (AvgIpc) is 2.36. The van der Waals surface area contributed by atoms with Crippen molar-refractivity contribution in [1.29, 1.82) is 0 Å². The number of hydrogen-bond donors (Lipinski definition) is 3. The van der Waals surface area contributed by atoms with E-state index in [9.17, 15) is 9.90 Å². The number of carbonyl (C=O) groups is 1. The van der Waals surface area contributed by atoms with Crippen LogP contribution in [0, 0.1) is 0 Å². The molecule has 1 atom stereocenters. The number of nitrogens with one attached hydrogen (secondary N) is 1. The summed E-state index contributed by atoms with van der Waals surface area (Å²) < 4.78 is 0. The molecule has 112 valence electrons. The Kier molecular flexibility index (Phi) is 7.01. The van der Waals surface area contributed by atoms with Gasteiger partial charge in [0.2, 0.25) is 5.88 Å². The highest BCUT2D eigenvalue weighted by Gasteiger charge is 2.12. The number of aromatic hydroxyl groups is 1. The van der Waals surface area contributed by atoms with Crippen molar-refractivity contribution in [2.75, 3.05) is 6.54 Å². The predicted octanol–water partition coefficient (Wildman–Crippen LogP) is 2.13. The fourth-order valence-corrected chi connectivity index (χ4v) is 2.28. The third-order valence-electron chi connectivity index (χ3n) is 3.10. The van der Waals surface area contributed by atoms with Crippen LogP contribution in [0.1, 0.15) is 44.4 Å². The number of hydrogen-bond acceptors (Lipinski definition) is 4. The number of carboxylic acid groups (broad SMARTS) is 1. The Morgan fingerprint density at radius 3 is 2.70 bits per heavy atom. The van der Waals surface area contributed by atoms with Gasteiger partial charge < -0.3 is 15.5 Å². The fraction of sp³-hybridized carbons (Fsp3) is 0.600. The van der Waals surface area contributed by atoms with E-state index in [-0.39, 0.29) is 18.5 Å². The van der Waals surface area contributed by atoms with Crippen molar-refractivity contribution in [2.24, 2.45) is 0 Å². The summed E-state index contributed by atoms with van der Waals surface area (Å²) in [4.78, 5) is 14.8. The molecule has 0 fully saturated rings. The molecule has 1 unspecified atom stereocenters. The molecule has 0 aliphatic heterocycles. The lowest BCUT2D eigenvalue weighted by Gasteiger charge is -2.17. The summed E-state index contributed by atoms with van der Waals surface area (Å²) in [5.41, 5.74) is 1.88. The molecule has 3 N–H and O–H groups in total. The highest BCUT2D eigenvalue weighted by Crippen LogP contribution is 2.15. The number of nitrogens with zero attached hydrogens (tertiary/aromatic N) is 1. The molecular formula is C15H24N2O3. The van der Waals surface area contributed by atoms with E-state index in [1.54, 1.807) is 6.07 Å². The molecule has 0 spiro atoms. The molecule has 0 aliphatic rings. The topological polar surface area (TPSA) is 82.5 Å². The zero-order chi connectivity index (χ0) is 15.0. The van der Waals surface area contributed by atoms with E-state index in [1.807, 2.05) is 6.07 Å². The summed E-state index contributed by atoms with van der Waals surface area (Å²) >= 11 is 0. The molecule has 0 amide bonds. The molecule has 0 saturated heterocycles. The van der Waals surface area contributed by atoms with E-state index in [2.05, 4.69) is 24.1 Å². The maximum atomic E-state index is 10.6. The molecule has 0 aliphatic carbocycles. The van der Waals surface area contributed by atoms with E-state index in [0.717, 1.165) is 36.9 Å². The molecule has 5 heteroatoms. The second kappa shape index (κ2) is 8.53. The molecule has 1 aromatic heterocycles. The van der Waals surface area contributed by atoms with Crippen molar-refractivity contribution < 1.29 is 15.0 Å². The summed E-state index contributed by atoms with van der Waals surface area (Å²) in [6.07, 6.45) is 4.40. The van der Waals surface area contributed by atoms with Crippen LogP contribution in [0.3, 0.4) is 0 Å². The van der Waals surface area contributed by atoms with Gasteiger partial charge in [-0.05, 0) is 24.5 Å². The molecule has 1 rings (SSSR count). The Morgan fingerprint density at radius 1 is 1.35 bits per heavy atom. The number of carboxylic acids is 1. The van der Waals surface area contributed by atoms with Crippen molar-refractivity contribution in [1.82, 2.24) is 10.3 Å². The van der Waals surface area contributed by atoms with Crippen LogP contribution in [0.2, 0.25) is 0 Å². The number of pyridine rings is 1.